The Labute approximate surface area is 214 Å². The Hall–Kier alpha value is -4.73. The molecule has 0 radical (unpaired) electrons. The Balaban J connectivity index is 1.78. The fourth-order valence-electron chi connectivity index (χ4n) is 3.32. The summed E-state index contributed by atoms with van der Waals surface area (Å²) in [7, 11) is 0. The fraction of sp³-hybridized carbons (Fsp3) is 0.222. The van der Waals surface area contributed by atoms with Crippen LogP contribution in [0.3, 0.4) is 0 Å². The first-order chi connectivity index (χ1) is 17.4. The van der Waals surface area contributed by atoms with Crippen molar-refractivity contribution in [2.75, 3.05) is 16.4 Å². The Morgan fingerprint density at radius 2 is 1.41 bits per heavy atom. The van der Waals surface area contributed by atoms with Gasteiger partial charge in [0.2, 0.25) is 0 Å². The molecule has 0 aliphatic rings. The third-order valence-corrected chi connectivity index (χ3v) is 4.94. The van der Waals surface area contributed by atoms with E-state index in [1.807, 2.05) is 0 Å². The molecule has 10 heteroatoms. The topological polar surface area (TPSA) is 160 Å². The average Bonchev–Trinajstić information content (AvgIpc) is 2.79. The van der Waals surface area contributed by atoms with E-state index in [1.54, 1.807) is 27.7 Å². The van der Waals surface area contributed by atoms with Gasteiger partial charge in [-0.05, 0) is 70.2 Å². The van der Waals surface area contributed by atoms with Gasteiger partial charge in [0.15, 0.2) is 0 Å². The number of carbonyl (C=O) groups excluding carboxylic acids is 3. The number of benzene rings is 3. The van der Waals surface area contributed by atoms with Gasteiger partial charge in [-0.15, -0.1) is 0 Å². The monoisotopic (exact) mass is 507 g/mol. The summed E-state index contributed by atoms with van der Waals surface area (Å²) in [6.07, 6.45) is -0.543. The number of amides is 2. The lowest BCUT2D eigenvalue weighted by Gasteiger charge is -2.17. The molecule has 0 aliphatic carbocycles. The van der Waals surface area contributed by atoms with E-state index in [1.165, 1.54) is 54.6 Å². The molecule has 0 saturated carbocycles. The van der Waals surface area contributed by atoms with Gasteiger partial charge in [0.25, 0.3) is 11.8 Å². The highest BCUT2D eigenvalue weighted by molar-refractivity contribution is 6.09. The number of anilines is 3. The zero-order valence-electron chi connectivity index (χ0n) is 20.9. The molecule has 0 fully saturated rings. The van der Waals surface area contributed by atoms with E-state index in [0.717, 1.165) is 0 Å². The second-order valence-corrected chi connectivity index (χ2v) is 8.75. The number of nitrogens with one attached hydrogen (secondary N) is 2. The van der Waals surface area contributed by atoms with Gasteiger partial charge in [-0.25, -0.2) is 4.79 Å². The summed E-state index contributed by atoms with van der Waals surface area (Å²) in [4.78, 5) is 37.7. The summed E-state index contributed by atoms with van der Waals surface area (Å²) in [5.41, 5.74) is 6.56. The molecule has 3 aromatic carbocycles. The molecule has 0 saturated heterocycles. The van der Waals surface area contributed by atoms with Crippen LogP contribution in [-0.4, -0.2) is 40.2 Å². The Morgan fingerprint density at radius 3 is 2.00 bits per heavy atom. The normalized spacial score (nSPS) is 10.8. The molecule has 0 aliphatic heterocycles. The van der Waals surface area contributed by atoms with Crippen LogP contribution < -0.4 is 21.1 Å². The molecule has 0 heterocycles. The van der Waals surface area contributed by atoms with E-state index in [2.05, 4.69) is 10.6 Å². The smallest absolute Gasteiger partial charge is 0.338 e. The number of rotatable bonds is 8. The van der Waals surface area contributed by atoms with Crippen LogP contribution in [0.2, 0.25) is 0 Å². The molecule has 37 heavy (non-hydrogen) atoms. The molecule has 194 valence electrons. The minimum absolute atomic E-state index is 0.00564. The summed E-state index contributed by atoms with van der Waals surface area (Å²) >= 11 is 0. The van der Waals surface area contributed by atoms with Crippen molar-refractivity contribution in [2.45, 2.75) is 39.9 Å². The van der Waals surface area contributed by atoms with Gasteiger partial charge in [-0.2, -0.15) is 0 Å². The van der Waals surface area contributed by atoms with Crippen LogP contribution in [0.4, 0.5) is 17.1 Å². The maximum absolute atomic E-state index is 12.9. The Bertz CT molecular complexity index is 1340. The summed E-state index contributed by atoms with van der Waals surface area (Å²) in [6, 6.07) is 12.5. The van der Waals surface area contributed by atoms with Gasteiger partial charge >= 0.3 is 5.97 Å². The number of carbonyl (C=O) groups is 3. The van der Waals surface area contributed by atoms with Crippen molar-refractivity contribution < 1.29 is 34.1 Å². The van der Waals surface area contributed by atoms with Crippen LogP contribution in [0, 0.1) is 0 Å². The van der Waals surface area contributed by atoms with Gasteiger partial charge in [0.05, 0.1) is 34.6 Å². The van der Waals surface area contributed by atoms with Crippen molar-refractivity contribution >= 4 is 34.8 Å². The Morgan fingerprint density at radius 1 is 0.784 bits per heavy atom. The predicted molar refractivity (Wildman–Crippen MR) is 139 cm³/mol. The molecule has 0 unspecified atom stereocenters. The van der Waals surface area contributed by atoms with Crippen molar-refractivity contribution in [1.29, 1.82) is 0 Å². The largest absolute Gasteiger partial charge is 0.507 e. The molecular weight excluding hydrogens is 478 g/mol. The summed E-state index contributed by atoms with van der Waals surface area (Å²) in [5.74, 6) is -2.21. The van der Waals surface area contributed by atoms with Gasteiger partial charge in [-0.1, -0.05) is 0 Å². The molecule has 10 nitrogen and oxygen atoms in total. The molecule has 3 aromatic rings. The van der Waals surface area contributed by atoms with Crippen molar-refractivity contribution in [2.24, 2.45) is 0 Å². The lowest BCUT2D eigenvalue weighted by Crippen LogP contribution is -2.17. The predicted octanol–water partition coefficient (Wildman–Crippen LogP) is 4.54. The van der Waals surface area contributed by atoms with E-state index < -0.39 is 17.8 Å². The van der Waals surface area contributed by atoms with Crippen LogP contribution in [0.25, 0.3) is 0 Å². The highest BCUT2D eigenvalue weighted by atomic mass is 16.5. The summed E-state index contributed by atoms with van der Waals surface area (Å²) in [6.45, 7) is 7.08. The first-order valence-electron chi connectivity index (χ1n) is 11.5. The number of nitrogens with two attached hydrogens (primary N) is 1. The van der Waals surface area contributed by atoms with E-state index in [-0.39, 0.29) is 57.5 Å². The number of ether oxygens (including phenoxy) is 2. The lowest BCUT2D eigenvalue weighted by molar-refractivity contribution is 0.0377. The molecular formula is C27H29N3O7. The first-order valence-corrected chi connectivity index (χ1v) is 11.5. The third-order valence-electron chi connectivity index (χ3n) is 4.94. The van der Waals surface area contributed by atoms with E-state index in [0.29, 0.717) is 5.69 Å². The average molecular weight is 508 g/mol. The number of phenols is 2. The number of hydrogen-bond donors (Lipinski definition) is 5. The van der Waals surface area contributed by atoms with E-state index >= 15 is 0 Å². The summed E-state index contributed by atoms with van der Waals surface area (Å²) < 4.78 is 11.0. The zero-order valence-corrected chi connectivity index (χ0v) is 20.9. The maximum Gasteiger partial charge on any atom is 0.338 e. The minimum atomic E-state index is -0.641. The van der Waals surface area contributed by atoms with Crippen molar-refractivity contribution in [3.05, 3.63) is 71.3 Å². The van der Waals surface area contributed by atoms with Crippen LogP contribution in [-0.2, 0) is 4.74 Å². The first kappa shape index (κ1) is 26.9. The molecule has 3 rings (SSSR count). The zero-order chi connectivity index (χ0) is 27.3. The maximum atomic E-state index is 12.9. The molecule has 0 atom stereocenters. The highest BCUT2D eigenvalue weighted by Crippen LogP contribution is 2.30. The number of phenolic OH excluding ortho intramolecular Hbond substituents is 2. The number of nitrogen functional groups attached to an aromatic ring is 1. The van der Waals surface area contributed by atoms with Crippen molar-refractivity contribution in [3.63, 3.8) is 0 Å². The molecule has 0 aromatic heterocycles. The van der Waals surface area contributed by atoms with Gasteiger partial charge in [-0.3, -0.25) is 9.59 Å². The van der Waals surface area contributed by atoms with E-state index in [4.69, 9.17) is 15.2 Å². The minimum Gasteiger partial charge on any atom is -0.507 e. The third kappa shape index (κ3) is 6.91. The molecule has 2 amide bonds. The van der Waals surface area contributed by atoms with E-state index in [9.17, 15) is 24.6 Å². The van der Waals surface area contributed by atoms with Gasteiger partial charge in [0, 0.05) is 23.5 Å². The molecule has 0 bridgehead atoms. The quantitative estimate of drug-likeness (QED) is 0.219. The van der Waals surface area contributed by atoms with Crippen LogP contribution in [0.15, 0.2) is 54.6 Å². The lowest BCUT2D eigenvalue weighted by atomic mass is 10.1. The molecule has 0 spiro atoms. The van der Waals surface area contributed by atoms with Crippen molar-refractivity contribution in [1.82, 2.24) is 0 Å². The highest BCUT2D eigenvalue weighted by Gasteiger charge is 2.19. The standard InChI is InChI=1S/C27H29N3O7/c1-14(2)36-24-11-16(27(35)37-15(3)4)5-10-21(24)30-26(34)20-9-7-18(13-23(20)32)29-25(33)19-8-6-17(28)12-22(19)31/h5-15,31-32H,28H2,1-4H3,(H,29,33)(H,30,34). The number of aromatic hydroxyl groups is 2. The van der Waals surface area contributed by atoms with Crippen molar-refractivity contribution in [3.8, 4) is 17.2 Å². The van der Waals surface area contributed by atoms with Gasteiger partial charge < -0.3 is 36.1 Å². The fourth-order valence-corrected chi connectivity index (χ4v) is 3.32. The Kier molecular flexibility index (Phi) is 8.23. The second kappa shape index (κ2) is 11.3. The van der Waals surface area contributed by atoms with Crippen LogP contribution in [0.5, 0.6) is 17.2 Å². The number of hydrogen-bond acceptors (Lipinski definition) is 8. The number of esters is 1. The summed E-state index contributed by atoms with van der Waals surface area (Å²) in [5, 5.41) is 25.6. The van der Waals surface area contributed by atoms with Gasteiger partial charge in [0.1, 0.15) is 17.2 Å². The SMILES string of the molecule is CC(C)OC(=O)c1ccc(NC(=O)c2ccc(NC(=O)c3ccc(N)cc3O)cc2O)c(OC(C)C)c1. The van der Waals surface area contributed by atoms with Crippen LogP contribution >= 0.6 is 0 Å². The van der Waals surface area contributed by atoms with Crippen LogP contribution in [0.1, 0.15) is 58.8 Å². The second-order valence-electron chi connectivity index (χ2n) is 8.75. The molecule has 6 N–H and O–H groups in total.